The van der Waals surface area contributed by atoms with E-state index in [1.165, 1.54) is 29.2 Å². The van der Waals surface area contributed by atoms with Crippen molar-refractivity contribution in [3.63, 3.8) is 0 Å². The molecule has 0 saturated heterocycles. The lowest BCUT2D eigenvalue weighted by molar-refractivity contribution is -0.122. The van der Waals surface area contributed by atoms with E-state index >= 15 is 0 Å². The molecule has 0 radical (unpaired) electrons. The quantitative estimate of drug-likeness (QED) is 0.720. The molecule has 1 atom stereocenters. The minimum absolute atomic E-state index is 0.257. The first kappa shape index (κ1) is 18.7. The maximum absolute atomic E-state index is 13.4. The Morgan fingerprint density at radius 3 is 2.48 bits per heavy atom. The maximum Gasteiger partial charge on any atom is 0.259 e. The van der Waals surface area contributed by atoms with Gasteiger partial charge in [0.05, 0.1) is 7.11 Å². The highest BCUT2D eigenvalue weighted by molar-refractivity contribution is 6.15. The Morgan fingerprint density at radius 1 is 1.03 bits per heavy atom. The summed E-state index contributed by atoms with van der Waals surface area (Å²) in [6.45, 7) is 0.257. The van der Waals surface area contributed by atoms with Gasteiger partial charge in [0.25, 0.3) is 5.91 Å². The fraction of sp³-hybridized carbons (Fsp3) is 0.130. The summed E-state index contributed by atoms with van der Waals surface area (Å²) in [4.78, 5) is 27.6. The van der Waals surface area contributed by atoms with Crippen molar-refractivity contribution in [3.05, 3.63) is 95.3 Å². The van der Waals surface area contributed by atoms with E-state index in [9.17, 15) is 14.0 Å². The number of methoxy groups -OCH3 is 1. The van der Waals surface area contributed by atoms with Crippen LogP contribution in [0.15, 0.2) is 72.8 Å². The number of hydrogen-bond acceptors (Lipinski definition) is 3. The molecule has 1 heterocycles. The predicted octanol–water partition coefficient (Wildman–Crippen LogP) is 3.85. The van der Waals surface area contributed by atoms with Crippen molar-refractivity contribution in [2.24, 2.45) is 0 Å². The Kier molecular flexibility index (Phi) is 4.99. The summed E-state index contributed by atoms with van der Waals surface area (Å²) in [5, 5.41) is 2.90. The highest BCUT2D eigenvalue weighted by atomic mass is 19.1. The first-order chi connectivity index (χ1) is 14.1. The molecule has 146 valence electrons. The fourth-order valence-electron chi connectivity index (χ4n) is 3.57. The maximum atomic E-state index is 13.4. The van der Waals surface area contributed by atoms with E-state index in [1.807, 2.05) is 24.3 Å². The van der Waals surface area contributed by atoms with Crippen LogP contribution in [0.4, 0.5) is 10.1 Å². The van der Waals surface area contributed by atoms with Crippen LogP contribution in [-0.4, -0.2) is 18.9 Å². The molecule has 29 heavy (non-hydrogen) atoms. The molecule has 0 aliphatic carbocycles. The van der Waals surface area contributed by atoms with E-state index in [4.69, 9.17) is 4.74 Å². The average Bonchev–Trinajstić information content (AvgIpc) is 3.05. The highest BCUT2D eigenvalue weighted by Gasteiger charge is 2.41. The monoisotopic (exact) mass is 390 g/mol. The van der Waals surface area contributed by atoms with E-state index in [0.29, 0.717) is 22.6 Å². The molecule has 0 saturated carbocycles. The van der Waals surface area contributed by atoms with Gasteiger partial charge in [0.1, 0.15) is 17.6 Å². The highest BCUT2D eigenvalue weighted by Crippen LogP contribution is 2.37. The second-order valence-electron chi connectivity index (χ2n) is 6.67. The Hall–Kier alpha value is -3.67. The lowest BCUT2D eigenvalue weighted by Crippen LogP contribution is -2.39. The number of halogens is 1. The third kappa shape index (κ3) is 3.45. The van der Waals surface area contributed by atoms with Gasteiger partial charge in [-0.1, -0.05) is 36.4 Å². The number of nitrogens with zero attached hydrogens (tertiary/aromatic N) is 1. The second kappa shape index (κ2) is 7.75. The minimum atomic E-state index is -0.834. The van der Waals surface area contributed by atoms with Crippen LogP contribution < -0.4 is 15.0 Å². The number of benzene rings is 3. The van der Waals surface area contributed by atoms with Crippen molar-refractivity contribution in [2.45, 2.75) is 12.6 Å². The Labute approximate surface area is 167 Å². The van der Waals surface area contributed by atoms with Crippen LogP contribution in [0.3, 0.4) is 0 Å². The molecular weight excluding hydrogens is 371 g/mol. The van der Waals surface area contributed by atoms with Crippen molar-refractivity contribution >= 4 is 17.5 Å². The van der Waals surface area contributed by atoms with E-state index in [1.54, 1.807) is 31.4 Å². The molecular formula is C23H19FN2O3. The van der Waals surface area contributed by atoms with Crippen molar-refractivity contribution in [1.29, 1.82) is 0 Å². The van der Waals surface area contributed by atoms with Crippen molar-refractivity contribution in [1.82, 2.24) is 5.32 Å². The van der Waals surface area contributed by atoms with Crippen LogP contribution in [0.5, 0.6) is 5.75 Å². The van der Waals surface area contributed by atoms with Gasteiger partial charge in [-0.15, -0.1) is 0 Å². The van der Waals surface area contributed by atoms with Crippen LogP contribution >= 0.6 is 0 Å². The normalized spacial score (nSPS) is 15.2. The number of amides is 2. The summed E-state index contributed by atoms with van der Waals surface area (Å²) in [5.41, 5.74) is 2.38. The molecule has 5 nitrogen and oxygen atoms in total. The molecule has 0 fully saturated rings. The Balaban J connectivity index is 1.65. The zero-order valence-electron chi connectivity index (χ0n) is 15.8. The van der Waals surface area contributed by atoms with Crippen molar-refractivity contribution in [2.75, 3.05) is 12.0 Å². The molecule has 4 rings (SSSR count). The number of carbonyl (C=O) groups excluding carboxylic acids is 2. The van der Waals surface area contributed by atoms with E-state index < -0.39 is 11.9 Å². The number of anilines is 1. The smallest absolute Gasteiger partial charge is 0.259 e. The lowest BCUT2D eigenvalue weighted by atomic mass is 10.0. The Bertz CT molecular complexity index is 1070. The molecule has 1 N–H and O–H groups in total. The largest absolute Gasteiger partial charge is 0.496 e. The first-order valence-corrected chi connectivity index (χ1v) is 9.18. The third-order valence-electron chi connectivity index (χ3n) is 4.96. The minimum Gasteiger partial charge on any atom is -0.496 e. The summed E-state index contributed by atoms with van der Waals surface area (Å²) < 4.78 is 18.7. The SMILES string of the molecule is COc1ccccc1CNC(=O)C1c2ccccc2C(=O)N1c1ccc(F)cc1. The third-order valence-corrected chi connectivity index (χ3v) is 4.96. The number of ether oxygens (including phenoxy) is 1. The molecule has 3 aromatic rings. The topological polar surface area (TPSA) is 58.6 Å². The van der Waals surface area contributed by atoms with Gasteiger partial charge in [-0.25, -0.2) is 4.39 Å². The van der Waals surface area contributed by atoms with Crippen LogP contribution in [0.2, 0.25) is 0 Å². The summed E-state index contributed by atoms with van der Waals surface area (Å²) in [6.07, 6.45) is 0. The molecule has 0 aromatic heterocycles. The molecule has 6 heteroatoms. The number of para-hydroxylation sites is 1. The van der Waals surface area contributed by atoms with Crippen LogP contribution in [0, 0.1) is 5.82 Å². The number of hydrogen-bond donors (Lipinski definition) is 1. The molecule has 0 bridgehead atoms. The van der Waals surface area contributed by atoms with E-state index in [0.717, 1.165) is 5.56 Å². The van der Waals surface area contributed by atoms with Gasteiger partial charge in [-0.05, 0) is 42.0 Å². The van der Waals surface area contributed by atoms with Gasteiger partial charge in [-0.3, -0.25) is 14.5 Å². The molecule has 1 aliphatic heterocycles. The second-order valence-corrected chi connectivity index (χ2v) is 6.67. The van der Waals surface area contributed by atoms with Gasteiger partial charge in [0, 0.05) is 23.4 Å². The Morgan fingerprint density at radius 2 is 1.72 bits per heavy atom. The zero-order valence-corrected chi connectivity index (χ0v) is 15.8. The van der Waals surface area contributed by atoms with Crippen molar-refractivity contribution < 1.29 is 18.7 Å². The average molecular weight is 390 g/mol. The van der Waals surface area contributed by atoms with Gasteiger partial charge in [0.2, 0.25) is 5.91 Å². The van der Waals surface area contributed by atoms with Gasteiger partial charge in [0.15, 0.2) is 0 Å². The van der Waals surface area contributed by atoms with Gasteiger partial charge < -0.3 is 10.1 Å². The number of rotatable bonds is 5. The molecule has 1 unspecified atom stereocenters. The van der Waals surface area contributed by atoms with Crippen LogP contribution in [-0.2, 0) is 11.3 Å². The van der Waals surface area contributed by atoms with E-state index in [2.05, 4.69) is 5.32 Å². The summed E-state index contributed by atoms with van der Waals surface area (Å²) >= 11 is 0. The summed E-state index contributed by atoms with van der Waals surface area (Å²) in [6, 6.07) is 19.1. The molecule has 0 spiro atoms. The summed E-state index contributed by atoms with van der Waals surface area (Å²) in [5.74, 6) is -0.343. The number of fused-ring (bicyclic) bond motifs is 1. The molecule has 2 amide bonds. The van der Waals surface area contributed by atoms with Gasteiger partial charge >= 0.3 is 0 Å². The standard InChI is InChI=1S/C23H19FN2O3/c1-29-20-9-5-2-6-15(20)14-25-22(27)21-18-7-3-4-8-19(18)23(28)26(21)17-12-10-16(24)11-13-17/h2-13,21H,14H2,1H3,(H,25,27). The van der Waals surface area contributed by atoms with Crippen molar-refractivity contribution in [3.8, 4) is 5.75 Å². The molecule has 1 aliphatic rings. The molecule has 3 aromatic carbocycles. The van der Waals surface area contributed by atoms with Crippen LogP contribution in [0.25, 0.3) is 0 Å². The first-order valence-electron chi connectivity index (χ1n) is 9.18. The van der Waals surface area contributed by atoms with Gasteiger partial charge in [-0.2, -0.15) is 0 Å². The number of nitrogens with one attached hydrogen (secondary N) is 1. The summed E-state index contributed by atoms with van der Waals surface area (Å²) in [7, 11) is 1.57. The number of carbonyl (C=O) groups is 2. The predicted molar refractivity (Wildman–Crippen MR) is 107 cm³/mol. The lowest BCUT2D eigenvalue weighted by Gasteiger charge is -2.25. The fourth-order valence-corrected chi connectivity index (χ4v) is 3.57. The van der Waals surface area contributed by atoms with Crippen LogP contribution in [0.1, 0.15) is 27.5 Å². The zero-order chi connectivity index (χ0) is 20.4. The van der Waals surface area contributed by atoms with E-state index in [-0.39, 0.29) is 18.4 Å².